The number of aryl methyl sites for hydroxylation is 2. The van der Waals surface area contributed by atoms with Crippen molar-refractivity contribution in [2.24, 2.45) is 7.05 Å². The Balaban J connectivity index is 2.87. The first kappa shape index (κ1) is 13.6. The van der Waals surface area contributed by atoms with Crippen molar-refractivity contribution >= 4 is 11.8 Å². The lowest BCUT2D eigenvalue weighted by atomic mass is 10.2. The molecule has 4 heteroatoms. The Morgan fingerprint density at radius 2 is 2.12 bits per heavy atom. The van der Waals surface area contributed by atoms with Crippen LogP contribution < -0.4 is 5.32 Å². The van der Waals surface area contributed by atoms with Crippen LogP contribution in [0.4, 0.5) is 0 Å². The molecule has 16 heavy (non-hydrogen) atoms. The van der Waals surface area contributed by atoms with E-state index in [-0.39, 0.29) is 0 Å². The minimum atomic E-state index is 0.648. The number of thioether (sulfide) groups is 1. The van der Waals surface area contributed by atoms with E-state index in [2.05, 4.69) is 38.1 Å². The molecular weight excluding hydrogens is 218 g/mol. The van der Waals surface area contributed by atoms with Gasteiger partial charge in [-0.05, 0) is 19.9 Å². The summed E-state index contributed by atoms with van der Waals surface area (Å²) in [6.45, 7) is 10.6. The monoisotopic (exact) mass is 241 g/mol. The first-order chi connectivity index (χ1) is 7.60. The zero-order chi connectivity index (χ0) is 12.1. The number of nitrogens with zero attached hydrogens (tertiary/aromatic N) is 2. The van der Waals surface area contributed by atoms with E-state index < -0.39 is 0 Å². The van der Waals surface area contributed by atoms with Crippen molar-refractivity contribution in [3.63, 3.8) is 0 Å². The number of hydrogen-bond acceptors (Lipinski definition) is 3. The van der Waals surface area contributed by atoms with Gasteiger partial charge in [0.15, 0.2) is 0 Å². The Kier molecular flexibility index (Phi) is 5.35. The molecule has 0 amide bonds. The van der Waals surface area contributed by atoms with Crippen LogP contribution in [0.3, 0.4) is 0 Å². The SMILES string of the molecule is CCNCc1c(C)nn(C)c1SC(C)CC. The molecule has 0 radical (unpaired) electrons. The molecule has 0 fully saturated rings. The number of nitrogens with one attached hydrogen (secondary N) is 1. The van der Waals surface area contributed by atoms with E-state index in [0.717, 1.165) is 18.8 Å². The quantitative estimate of drug-likeness (QED) is 0.777. The fourth-order valence-corrected chi connectivity index (χ4v) is 2.66. The van der Waals surface area contributed by atoms with Gasteiger partial charge in [-0.25, -0.2) is 0 Å². The highest BCUT2D eigenvalue weighted by Crippen LogP contribution is 2.29. The fraction of sp³-hybridized carbons (Fsp3) is 0.750. The van der Waals surface area contributed by atoms with E-state index in [1.54, 1.807) is 0 Å². The molecule has 92 valence electrons. The average molecular weight is 241 g/mol. The molecular formula is C12H23N3S. The first-order valence-corrected chi connectivity index (χ1v) is 6.87. The van der Waals surface area contributed by atoms with Crippen LogP contribution in [-0.2, 0) is 13.6 Å². The fourth-order valence-electron chi connectivity index (χ4n) is 1.56. The van der Waals surface area contributed by atoms with Crippen molar-refractivity contribution in [1.82, 2.24) is 15.1 Å². The van der Waals surface area contributed by atoms with E-state index in [1.165, 1.54) is 17.0 Å². The topological polar surface area (TPSA) is 29.9 Å². The van der Waals surface area contributed by atoms with Gasteiger partial charge in [0.2, 0.25) is 0 Å². The lowest BCUT2D eigenvalue weighted by Gasteiger charge is -2.11. The zero-order valence-electron chi connectivity index (χ0n) is 11.0. The molecule has 0 saturated heterocycles. The van der Waals surface area contributed by atoms with Crippen molar-refractivity contribution < 1.29 is 0 Å². The normalized spacial score (nSPS) is 13.1. The standard InChI is InChI=1S/C12H23N3S/c1-6-9(3)16-12-11(8-13-7-2)10(4)14-15(12)5/h9,13H,6-8H2,1-5H3. The summed E-state index contributed by atoms with van der Waals surface area (Å²) in [5.41, 5.74) is 2.50. The Morgan fingerprint density at radius 3 is 2.69 bits per heavy atom. The number of aromatic nitrogens is 2. The predicted molar refractivity (Wildman–Crippen MR) is 70.9 cm³/mol. The largest absolute Gasteiger partial charge is 0.313 e. The van der Waals surface area contributed by atoms with Crippen LogP contribution in [0.2, 0.25) is 0 Å². The third-order valence-electron chi connectivity index (χ3n) is 2.73. The maximum absolute atomic E-state index is 4.51. The van der Waals surface area contributed by atoms with Gasteiger partial charge in [-0.1, -0.05) is 20.8 Å². The molecule has 0 aliphatic rings. The van der Waals surface area contributed by atoms with E-state index in [9.17, 15) is 0 Å². The van der Waals surface area contributed by atoms with Gasteiger partial charge >= 0.3 is 0 Å². The van der Waals surface area contributed by atoms with Crippen LogP contribution in [0.25, 0.3) is 0 Å². The van der Waals surface area contributed by atoms with Crippen LogP contribution in [0.15, 0.2) is 5.03 Å². The predicted octanol–water partition coefficient (Wildman–Crippen LogP) is 2.73. The maximum atomic E-state index is 4.51. The minimum Gasteiger partial charge on any atom is -0.313 e. The summed E-state index contributed by atoms with van der Waals surface area (Å²) in [4.78, 5) is 0. The molecule has 0 aromatic carbocycles. The van der Waals surface area contributed by atoms with Gasteiger partial charge in [0.25, 0.3) is 0 Å². The van der Waals surface area contributed by atoms with E-state index in [1.807, 2.05) is 23.5 Å². The van der Waals surface area contributed by atoms with Gasteiger partial charge in [0, 0.05) is 24.4 Å². The molecule has 1 unspecified atom stereocenters. The highest BCUT2D eigenvalue weighted by atomic mass is 32.2. The smallest absolute Gasteiger partial charge is 0.0987 e. The second kappa shape index (κ2) is 6.30. The molecule has 0 spiro atoms. The van der Waals surface area contributed by atoms with Gasteiger partial charge in [0.05, 0.1) is 10.7 Å². The van der Waals surface area contributed by atoms with Crippen LogP contribution in [0.5, 0.6) is 0 Å². The third-order valence-corrected chi connectivity index (χ3v) is 4.20. The van der Waals surface area contributed by atoms with Crippen LogP contribution in [0, 0.1) is 6.92 Å². The Labute approximate surface area is 103 Å². The zero-order valence-corrected chi connectivity index (χ0v) is 11.8. The first-order valence-electron chi connectivity index (χ1n) is 5.99. The lowest BCUT2D eigenvalue weighted by molar-refractivity contribution is 0.671. The second-order valence-electron chi connectivity index (χ2n) is 4.11. The summed E-state index contributed by atoms with van der Waals surface area (Å²) in [6.07, 6.45) is 1.19. The van der Waals surface area contributed by atoms with E-state index in [4.69, 9.17) is 0 Å². The lowest BCUT2D eigenvalue weighted by Crippen LogP contribution is -2.13. The maximum Gasteiger partial charge on any atom is 0.0987 e. The Morgan fingerprint density at radius 1 is 1.44 bits per heavy atom. The summed E-state index contributed by atoms with van der Waals surface area (Å²) in [5, 5.41) is 9.85. The van der Waals surface area contributed by atoms with E-state index >= 15 is 0 Å². The molecule has 0 aliphatic carbocycles. The van der Waals surface area contributed by atoms with Crippen molar-refractivity contribution in [3.05, 3.63) is 11.3 Å². The summed E-state index contributed by atoms with van der Waals surface area (Å²) < 4.78 is 2.01. The summed E-state index contributed by atoms with van der Waals surface area (Å²) in [6, 6.07) is 0. The van der Waals surface area contributed by atoms with Gasteiger partial charge in [-0.2, -0.15) is 5.10 Å². The number of hydrogen-bond donors (Lipinski definition) is 1. The molecule has 1 aromatic heterocycles. The molecule has 0 saturated carbocycles. The van der Waals surface area contributed by atoms with Gasteiger partial charge in [-0.3, -0.25) is 4.68 Å². The molecule has 1 aromatic rings. The summed E-state index contributed by atoms with van der Waals surface area (Å²) in [7, 11) is 2.03. The second-order valence-corrected chi connectivity index (χ2v) is 5.54. The van der Waals surface area contributed by atoms with Crippen LogP contribution in [-0.4, -0.2) is 21.6 Å². The van der Waals surface area contributed by atoms with Crippen molar-refractivity contribution in [1.29, 1.82) is 0 Å². The summed E-state index contributed by atoms with van der Waals surface area (Å²) in [5.74, 6) is 0. The molecule has 3 nitrogen and oxygen atoms in total. The van der Waals surface area contributed by atoms with Gasteiger partial charge in [0.1, 0.15) is 0 Å². The van der Waals surface area contributed by atoms with Crippen molar-refractivity contribution in [3.8, 4) is 0 Å². The number of rotatable bonds is 6. The van der Waals surface area contributed by atoms with Crippen molar-refractivity contribution in [2.75, 3.05) is 6.54 Å². The van der Waals surface area contributed by atoms with Gasteiger partial charge < -0.3 is 5.32 Å². The molecule has 1 atom stereocenters. The van der Waals surface area contributed by atoms with Crippen LogP contribution >= 0.6 is 11.8 Å². The third kappa shape index (κ3) is 3.25. The Bertz CT molecular complexity index is 333. The minimum absolute atomic E-state index is 0.648. The molecule has 1 rings (SSSR count). The highest BCUT2D eigenvalue weighted by molar-refractivity contribution is 7.99. The molecule has 1 heterocycles. The molecule has 0 bridgehead atoms. The van der Waals surface area contributed by atoms with Crippen molar-refractivity contribution in [2.45, 2.75) is 50.9 Å². The molecule has 1 N–H and O–H groups in total. The molecule has 0 aliphatic heterocycles. The van der Waals surface area contributed by atoms with Crippen LogP contribution in [0.1, 0.15) is 38.4 Å². The summed E-state index contributed by atoms with van der Waals surface area (Å²) >= 11 is 1.93. The highest BCUT2D eigenvalue weighted by Gasteiger charge is 2.15. The van der Waals surface area contributed by atoms with Gasteiger partial charge in [-0.15, -0.1) is 11.8 Å². The average Bonchev–Trinajstić information content (AvgIpc) is 2.51. The Hall–Kier alpha value is -0.480. The van der Waals surface area contributed by atoms with E-state index in [0.29, 0.717) is 5.25 Å².